The van der Waals surface area contributed by atoms with Gasteiger partial charge in [0.2, 0.25) is 5.78 Å². The summed E-state index contributed by atoms with van der Waals surface area (Å²) in [6, 6.07) is 7.00. The molecule has 1 aromatic carbocycles. The largest absolute Gasteiger partial charge is 0.480 e. The molecule has 0 fully saturated rings. The number of benzene rings is 1. The van der Waals surface area contributed by atoms with E-state index in [0.29, 0.717) is 0 Å². The Bertz CT molecular complexity index is 468. The normalized spacial score (nSPS) is 11.9. The van der Waals surface area contributed by atoms with Crippen LogP contribution in [0.1, 0.15) is 30.6 Å². The summed E-state index contributed by atoms with van der Waals surface area (Å²) in [5.74, 6) is -2.65. The van der Waals surface area contributed by atoms with Gasteiger partial charge in [0.15, 0.2) is 0 Å². The van der Waals surface area contributed by atoms with Crippen LogP contribution in [0, 0.1) is 5.92 Å². The first-order valence-corrected chi connectivity index (χ1v) is 6.05. The van der Waals surface area contributed by atoms with Crippen LogP contribution in [0.2, 0.25) is 0 Å². The van der Waals surface area contributed by atoms with Crippen molar-refractivity contribution in [1.82, 2.24) is 5.32 Å². The summed E-state index contributed by atoms with van der Waals surface area (Å²) < 4.78 is 0. The van der Waals surface area contributed by atoms with Gasteiger partial charge in [-0.2, -0.15) is 0 Å². The van der Waals surface area contributed by atoms with Crippen molar-refractivity contribution in [1.29, 1.82) is 0 Å². The first kappa shape index (κ1) is 14.9. The van der Waals surface area contributed by atoms with Crippen LogP contribution in [0.15, 0.2) is 30.3 Å². The zero-order chi connectivity index (χ0) is 14.4. The van der Waals surface area contributed by atoms with Gasteiger partial charge in [-0.05, 0) is 12.3 Å². The molecule has 1 atom stereocenters. The Labute approximate surface area is 111 Å². The van der Waals surface area contributed by atoms with Crippen LogP contribution < -0.4 is 5.32 Å². The summed E-state index contributed by atoms with van der Waals surface area (Å²) in [6.07, 6.45) is 0.281. The highest BCUT2D eigenvalue weighted by molar-refractivity contribution is 6.43. The van der Waals surface area contributed by atoms with Gasteiger partial charge >= 0.3 is 5.97 Å². The number of amides is 1. The van der Waals surface area contributed by atoms with E-state index in [4.69, 9.17) is 5.11 Å². The molecule has 0 bridgehead atoms. The van der Waals surface area contributed by atoms with Crippen LogP contribution in [-0.4, -0.2) is 28.8 Å². The van der Waals surface area contributed by atoms with E-state index >= 15 is 0 Å². The molecule has 1 unspecified atom stereocenters. The van der Waals surface area contributed by atoms with Crippen LogP contribution >= 0.6 is 0 Å². The third-order valence-electron chi connectivity index (χ3n) is 2.55. The fourth-order valence-corrected chi connectivity index (χ4v) is 1.64. The summed E-state index contributed by atoms with van der Waals surface area (Å²) in [7, 11) is 0. The van der Waals surface area contributed by atoms with Gasteiger partial charge in [0, 0.05) is 5.56 Å². The molecule has 0 spiro atoms. The summed E-state index contributed by atoms with van der Waals surface area (Å²) in [6.45, 7) is 3.70. The lowest BCUT2D eigenvalue weighted by Crippen LogP contribution is -2.44. The summed E-state index contributed by atoms with van der Waals surface area (Å²) >= 11 is 0. The predicted octanol–water partition coefficient (Wildman–Crippen LogP) is 1.48. The standard InChI is InChI=1S/C14H17NO4/c1-9(2)8-11(14(18)19)15-13(17)12(16)10-6-4-3-5-7-10/h3-7,9,11H,8H2,1-2H3,(H,15,17)(H,18,19). The Morgan fingerprint density at radius 1 is 1.16 bits per heavy atom. The Balaban J connectivity index is 2.72. The minimum atomic E-state index is -1.14. The summed E-state index contributed by atoms with van der Waals surface area (Å²) in [5, 5.41) is 11.3. The van der Waals surface area contributed by atoms with Crippen LogP contribution in [0.25, 0.3) is 0 Å². The number of carbonyl (C=O) groups excluding carboxylic acids is 2. The minimum Gasteiger partial charge on any atom is -0.480 e. The van der Waals surface area contributed by atoms with Crippen LogP contribution in [0.3, 0.4) is 0 Å². The summed E-state index contributed by atoms with van der Waals surface area (Å²) in [4.78, 5) is 34.5. The minimum absolute atomic E-state index is 0.105. The molecular weight excluding hydrogens is 246 g/mol. The number of hydrogen-bond acceptors (Lipinski definition) is 3. The van der Waals surface area contributed by atoms with Crippen LogP contribution in [0.5, 0.6) is 0 Å². The fraction of sp³-hybridized carbons (Fsp3) is 0.357. The number of Topliss-reactive ketones (excluding diaryl/α,β-unsaturated/α-hetero) is 1. The SMILES string of the molecule is CC(C)CC(NC(=O)C(=O)c1ccccc1)C(=O)O. The van der Waals surface area contributed by atoms with E-state index in [2.05, 4.69) is 5.32 Å². The molecule has 2 N–H and O–H groups in total. The molecule has 102 valence electrons. The molecule has 0 aliphatic heterocycles. The maximum Gasteiger partial charge on any atom is 0.326 e. The fourth-order valence-electron chi connectivity index (χ4n) is 1.64. The number of rotatable bonds is 6. The Kier molecular flexibility index (Phi) is 5.23. The molecular formula is C14H17NO4. The molecule has 0 heterocycles. The molecule has 5 heteroatoms. The van der Waals surface area contributed by atoms with Crippen molar-refractivity contribution in [2.24, 2.45) is 5.92 Å². The van der Waals surface area contributed by atoms with Gasteiger partial charge in [-0.15, -0.1) is 0 Å². The molecule has 1 amide bonds. The molecule has 5 nitrogen and oxygen atoms in total. The third-order valence-corrected chi connectivity index (χ3v) is 2.55. The highest BCUT2D eigenvalue weighted by Crippen LogP contribution is 2.06. The molecule has 0 saturated carbocycles. The lowest BCUT2D eigenvalue weighted by molar-refractivity contribution is -0.141. The molecule has 19 heavy (non-hydrogen) atoms. The highest BCUT2D eigenvalue weighted by Gasteiger charge is 2.25. The topological polar surface area (TPSA) is 83.5 Å². The van der Waals surface area contributed by atoms with Gasteiger partial charge in [0.25, 0.3) is 5.91 Å². The van der Waals surface area contributed by atoms with Crippen molar-refractivity contribution in [2.75, 3.05) is 0 Å². The first-order valence-electron chi connectivity index (χ1n) is 6.05. The average Bonchev–Trinajstić information content (AvgIpc) is 2.37. The van der Waals surface area contributed by atoms with Crippen molar-refractivity contribution >= 4 is 17.7 Å². The van der Waals surface area contributed by atoms with Crippen LogP contribution in [0.4, 0.5) is 0 Å². The molecule has 1 aromatic rings. The number of hydrogen-bond donors (Lipinski definition) is 2. The van der Waals surface area contributed by atoms with Gasteiger partial charge in [0.1, 0.15) is 6.04 Å². The Hall–Kier alpha value is -2.17. The van der Waals surface area contributed by atoms with E-state index in [0.717, 1.165) is 0 Å². The van der Waals surface area contributed by atoms with E-state index in [9.17, 15) is 14.4 Å². The maximum atomic E-state index is 11.8. The molecule has 1 rings (SSSR count). The summed E-state index contributed by atoms with van der Waals surface area (Å²) in [5.41, 5.74) is 0.244. The Morgan fingerprint density at radius 2 is 1.74 bits per heavy atom. The van der Waals surface area contributed by atoms with Gasteiger partial charge in [0.05, 0.1) is 0 Å². The van der Waals surface area contributed by atoms with Crippen LogP contribution in [-0.2, 0) is 9.59 Å². The smallest absolute Gasteiger partial charge is 0.326 e. The number of aliphatic carboxylic acids is 1. The van der Waals surface area contributed by atoms with E-state index in [1.807, 2.05) is 13.8 Å². The zero-order valence-corrected chi connectivity index (χ0v) is 10.9. The molecule has 0 aromatic heterocycles. The molecule has 0 radical (unpaired) electrons. The highest BCUT2D eigenvalue weighted by atomic mass is 16.4. The van der Waals surface area contributed by atoms with Crippen molar-refractivity contribution in [2.45, 2.75) is 26.3 Å². The number of carbonyl (C=O) groups is 3. The molecule has 0 aliphatic carbocycles. The number of nitrogens with one attached hydrogen (secondary N) is 1. The maximum absolute atomic E-state index is 11.8. The first-order chi connectivity index (χ1) is 8.91. The quantitative estimate of drug-likeness (QED) is 0.601. The lowest BCUT2D eigenvalue weighted by atomic mass is 10.0. The van der Waals surface area contributed by atoms with Gasteiger partial charge < -0.3 is 10.4 Å². The van der Waals surface area contributed by atoms with E-state index < -0.39 is 23.7 Å². The average molecular weight is 263 g/mol. The van der Waals surface area contributed by atoms with E-state index in [1.165, 1.54) is 12.1 Å². The second kappa shape index (κ2) is 6.68. The monoisotopic (exact) mass is 263 g/mol. The van der Waals surface area contributed by atoms with Crippen molar-refractivity contribution in [3.05, 3.63) is 35.9 Å². The zero-order valence-electron chi connectivity index (χ0n) is 10.9. The van der Waals surface area contributed by atoms with Gasteiger partial charge in [-0.25, -0.2) is 4.79 Å². The third kappa shape index (κ3) is 4.54. The lowest BCUT2D eigenvalue weighted by Gasteiger charge is -2.15. The molecule has 0 saturated heterocycles. The van der Waals surface area contributed by atoms with Crippen molar-refractivity contribution < 1.29 is 19.5 Å². The molecule has 0 aliphatic rings. The van der Waals surface area contributed by atoms with Gasteiger partial charge in [-0.3, -0.25) is 9.59 Å². The van der Waals surface area contributed by atoms with Crippen molar-refractivity contribution in [3.8, 4) is 0 Å². The van der Waals surface area contributed by atoms with Crippen molar-refractivity contribution in [3.63, 3.8) is 0 Å². The van der Waals surface area contributed by atoms with Gasteiger partial charge in [-0.1, -0.05) is 44.2 Å². The number of carboxylic acid groups (broad SMARTS) is 1. The van der Waals surface area contributed by atoms with E-state index in [-0.39, 0.29) is 17.9 Å². The Morgan fingerprint density at radius 3 is 2.21 bits per heavy atom. The van der Waals surface area contributed by atoms with E-state index in [1.54, 1.807) is 18.2 Å². The predicted molar refractivity (Wildman–Crippen MR) is 69.8 cm³/mol. The number of ketones is 1. The second-order valence-electron chi connectivity index (χ2n) is 4.69. The second-order valence-corrected chi connectivity index (χ2v) is 4.69. The number of carboxylic acids is 1.